The fourth-order valence-electron chi connectivity index (χ4n) is 5.43. The van der Waals surface area contributed by atoms with Crippen LogP contribution in [0.1, 0.15) is 36.1 Å². The molecule has 0 amide bonds. The molecule has 0 aliphatic rings. The van der Waals surface area contributed by atoms with Gasteiger partial charge in [-0.05, 0) is 67.5 Å². The van der Waals surface area contributed by atoms with Crippen molar-refractivity contribution in [3.63, 3.8) is 0 Å². The van der Waals surface area contributed by atoms with E-state index in [0.717, 1.165) is 68.6 Å². The van der Waals surface area contributed by atoms with Crippen LogP contribution >= 0.6 is 0 Å². The van der Waals surface area contributed by atoms with Gasteiger partial charge in [-0.2, -0.15) is 0 Å². The Hall–Kier alpha value is -5.22. The van der Waals surface area contributed by atoms with Crippen LogP contribution in [0.15, 0.2) is 138 Å². The molecule has 0 aliphatic carbocycles. The summed E-state index contributed by atoms with van der Waals surface area (Å²) >= 11 is 0. The summed E-state index contributed by atoms with van der Waals surface area (Å²) in [6, 6.07) is 48.0. The summed E-state index contributed by atoms with van der Waals surface area (Å²) in [5.74, 6) is 0. The van der Waals surface area contributed by atoms with E-state index < -0.39 is 0 Å². The minimum atomic E-state index is 0. The summed E-state index contributed by atoms with van der Waals surface area (Å²) in [5.41, 5.74) is 12.7. The van der Waals surface area contributed by atoms with Gasteiger partial charge in [0, 0.05) is 24.0 Å². The Labute approximate surface area is 308 Å². The van der Waals surface area contributed by atoms with Gasteiger partial charge in [-0.3, -0.25) is 0 Å². The molecular formula is C45H38IrN3O. The monoisotopic (exact) mass is 829 g/mol. The summed E-state index contributed by atoms with van der Waals surface area (Å²) in [6.07, 6.45) is 7.70. The van der Waals surface area contributed by atoms with E-state index in [4.69, 9.17) is 4.42 Å². The van der Waals surface area contributed by atoms with Crippen molar-refractivity contribution >= 4 is 21.9 Å². The van der Waals surface area contributed by atoms with Crippen LogP contribution in [0.2, 0.25) is 0 Å². The quantitative estimate of drug-likeness (QED) is 0.162. The van der Waals surface area contributed by atoms with Gasteiger partial charge in [-0.15, -0.1) is 90.0 Å². The SMILES string of the molecule is CCc1ccnc(-c2[c-]cccc2)c1.CCc1ccnc(-c2[c-]cccc2)c1.Cc1cnc(-c2[c-]ccc3c2oc2ccccc23)cc1C.[Ir+3]. The van der Waals surface area contributed by atoms with E-state index >= 15 is 0 Å². The molecule has 0 fully saturated rings. The molecule has 0 spiro atoms. The van der Waals surface area contributed by atoms with Crippen LogP contribution in [0.25, 0.3) is 55.7 Å². The Kier molecular flexibility index (Phi) is 12.6. The van der Waals surface area contributed by atoms with Crippen LogP contribution in [0.4, 0.5) is 0 Å². The molecule has 8 rings (SSSR count). The Balaban J connectivity index is 0.000000149. The van der Waals surface area contributed by atoms with Gasteiger partial charge in [-0.1, -0.05) is 77.9 Å². The molecule has 0 radical (unpaired) electrons. The van der Waals surface area contributed by atoms with Crippen LogP contribution in [0, 0.1) is 32.0 Å². The molecular weight excluding hydrogens is 791 g/mol. The molecule has 248 valence electrons. The number of aryl methyl sites for hydroxylation is 4. The Bertz CT molecular complexity index is 2200. The largest absolute Gasteiger partial charge is 3.00 e. The zero-order chi connectivity index (χ0) is 34.0. The average molecular weight is 829 g/mol. The standard InChI is InChI=1S/C19H14NO.2C13H12N.Ir/c1-12-10-17(20-11-13(12)2)16-8-5-7-15-14-6-3-4-9-18(14)21-19(15)16;2*1-2-11-8-9-14-13(10-11)12-6-4-3-5-7-12;/h3-7,9-11H,1-2H3;2*3-6,8-10H,2H2,1H3;/q3*-1;+3. The third-order valence-electron chi connectivity index (χ3n) is 8.40. The predicted octanol–water partition coefficient (Wildman–Crippen LogP) is 11.3. The summed E-state index contributed by atoms with van der Waals surface area (Å²) < 4.78 is 6.04. The number of pyridine rings is 3. The minimum absolute atomic E-state index is 0. The number of hydrogen-bond donors (Lipinski definition) is 0. The molecule has 0 saturated carbocycles. The predicted molar refractivity (Wildman–Crippen MR) is 201 cm³/mol. The van der Waals surface area contributed by atoms with Crippen molar-refractivity contribution in [1.29, 1.82) is 0 Å². The van der Waals surface area contributed by atoms with Gasteiger partial charge in [0.25, 0.3) is 0 Å². The molecule has 4 aromatic heterocycles. The first-order valence-electron chi connectivity index (χ1n) is 16.6. The third kappa shape index (κ3) is 8.67. The van der Waals surface area contributed by atoms with E-state index in [2.05, 4.69) is 85.1 Å². The number of aromatic nitrogens is 3. The van der Waals surface area contributed by atoms with Crippen molar-refractivity contribution in [3.05, 3.63) is 174 Å². The van der Waals surface area contributed by atoms with E-state index in [1.54, 1.807) is 0 Å². The third-order valence-corrected chi connectivity index (χ3v) is 8.40. The summed E-state index contributed by atoms with van der Waals surface area (Å²) in [5, 5.41) is 2.24. The Morgan fingerprint density at radius 1 is 0.560 bits per heavy atom. The number of para-hydroxylation sites is 1. The van der Waals surface area contributed by atoms with Crippen LogP contribution in [-0.2, 0) is 32.9 Å². The van der Waals surface area contributed by atoms with Crippen LogP contribution in [0.3, 0.4) is 0 Å². The molecule has 0 atom stereocenters. The van der Waals surface area contributed by atoms with Crippen molar-refractivity contribution in [2.24, 2.45) is 0 Å². The van der Waals surface area contributed by atoms with Gasteiger partial charge < -0.3 is 19.4 Å². The van der Waals surface area contributed by atoms with E-state index in [1.165, 1.54) is 22.3 Å². The van der Waals surface area contributed by atoms with Gasteiger partial charge in [0.2, 0.25) is 0 Å². The van der Waals surface area contributed by atoms with Crippen molar-refractivity contribution < 1.29 is 24.5 Å². The van der Waals surface area contributed by atoms with Crippen molar-refractivity contribution in [3.8, 4) is 33.8 Å². The fraction of sp³-hybridized carbons (Fsp3) is 0.133. The number of rotatable bonds is 5. The second kappa shape index (κ2) is 17.4. The first-order chi connectivity index (χ1) is 24.0. The first-order valence-corrected chi connectivity index (χ1v) is 16.6. The summed E-state index contributed by atoms with van der Waals surface area (Å²) in [6.45, 7) is 8.46. The zero-order valence-electron chi connectivity index (χ0n) is 28.7. The van der Waals surface area contributed by atoms with Gasteiger partial charge in [-0.25, -0.2) is 0 Å². The number of fused-ring (bicyclic) bond motifs is 3. The van der Waals surface area contributed by atoms with E-state index in [-0.39, 0.29) is 20.1 Å². The van der Waals surface area contributed by atoms with Gasteiger partial charge >= 0.3 is 20.1 Å². The van der Waals surface area contributed by atoms with Crippen molar-refractivity contribution in [2.45, 2.75) is 40.5 Å². The molecule has 0 bridgehead atoms. The molecule has 50 heavy (non-hydrogen) atoms. The fourth-order valence-corrected chi connectivity index (χ4v) is 5.43. The molecule has 8 aromatic rings. The minimum Gasteiger partial charge on any atom is -0.501 e. The maximum Gasteiger partial charge on any atom is 3.00 e. The normalized spacial score (nSPS) is 10.4. The van der Waals surface area contributed by atoms with E-state index in [0.29, 0.717) is 0 Å². The maximum atomic E-state index is 6.04. The van der Waals surface area contributed by atoms with Crippen LogP contribution < -0.4 is 0 Å². The number of hydrogen-bond acceptors (Lipinski definition) is 4. The maximum absolute atomic E-state index is 6.04. The van der Waals surface area contributed by atoms with E-state index in [1.807, 2.05) is 110 Å². The van der Waals surface area contributed by atoms with E-state index in [9.17, 15) is 0 Å². The van der Waals surface area contributed by atoms with Gasteiger partial charge in [0.1, 0.15) is 5.58 Å². The summed E-state index contributed by atoms with van der Waals surface area (Å²) in [4.78, 5) is 13.2. The number of furan rings is 1. The topological polar surface area (TPSA) is 51.8 Å². The molecule has 4 heterocycles. The molecule has 0 saturated heterocycles. The number of benzene rings is 4. The molecule has 0 unspecified atom stereocenters. The second-order valence-electron chi connectivity index (χ2n) is 11.7. The van der Waals surface area contributed by atoms with Crippen molar-refractivity contribution in [2.75, 3.05) is 0 Å². The zero-order valence-corrected chi connectivity index (χ0v) is 31.1. The average Bonchev–Trinajstić information content (AvgIpc) is 3.56. The molecule has 0 N–H and O–H groups in total. The second-order valence-corrected chi connectivity index (χ2v) is 11.7. The number of nitrogens with zero attached hydrogens (tertiary/aromatic N) is 3. The van der Waals surface area contributed by atoms with Gasteiger partial charge in [0.05, 0.1) is 5.58 Å². The molecule has 4 aromatic carbocycles. The van der Waals surface area contributed by atoms with Crippen molar-refractivity contribution in [1.82, 2.24) is 15.0 Å². The smallest absolute Gasteiger partial charge is 0.501 e. The Morgan fingerprint density at radius 2 is 1.16 bits per heavy atom. The van der Waals surface area contributed by atoms with Gasteiger partial charge in [0.15, 0.2) is 0 Å². The molecule has 0 aliphatic heterocycles. The van der Waals surface area contributed by atoms with Crippen LogP contribution in [0.5, 0.6) is 0 Å². The van der Waals surface area contributed by atoms with Crippen LogP contribution in [-0.4, -0.2) is 15.0 Å². The Morgan fingerprint density at radius 3 is 1.72 bits per heavy atom. The molecule has 4 nitrogen and oxygen atoms in total. The first kappa shape index (κ1) is 36.1. The summed E-state index contributed by atoms with van der Waals surface area (Å²) in [7, 11) is 0. The molecule has 5 heteroatoms.